The van der Waals surface area contributed by atoms with Gasteiger partial charge in [-0.05, 0) is 37.2 Å². The lowest BCUT2D eigenvalue weighted by Gasteiger charge is -2.23. The van der Waals surface area contributed by atoms with Gasteiger partial charge in [0.1, 0.15) is 5.65 Å². The predicted octanol–water partition coefficient (Wildman–Crippen LogP) is 2.73. The van der Waals surface area contributed by atoms with Gasteiger partial charge in [0, 0.05) is 12.2 Å². The fourth-order valence-corrected chi connectivity index (χ4v) is 3.01. The van der Waals surface area contributed by atoms with E-state index in [9.17, 15) is 4.79 Å². The summed E-state index contributed by atoms with van der Waals surface area (Å²) in [6.45, 7) is 0. The molecule has 3 rings (SSSR count). The van der Waals surface area contributed by atoms with Crippen molar-refractivity contribution in [3.8, 4) is 0 Å². The van der Waals surface area contributed by atoms with Gasteiger partial charge >= 0.3 is 5.69 Å². The minimum atomic E-state index is -0.0579. The number of hydrogen-bond acceptors (Lipinski definition) is 3. The SMILES string of the molecule is O=c1n(C2CCCCC2)c(=S)nc2ccccn12. The standard InChI is InChI=1S/C13H15N3OS/c17-13-15-9-5-4-8-11(15)14-12(18)16(13)10-6-2-1-3-7-10/h4-5,8-10H,1-3,6-7H2. The zero-order valence-corrected chi connectivity index (χ0v) is 10.9. The minimum Gasteiger partial charge on any atom is -0.265 e. The third-order valence-electron chi connectivity index (χ3n) is 3.61. The van der Waals surface area contributed by atoms with Crippen molar-refractivity contribution in [2.75, 3.05) is 0 Å². The summed E-state index contributed by atoms with van der Waals surface area (Å²) >= 11 is 5.29. The van der Waals surface area contributed by atoms with Crippen molar-refractivity contribution in [2.45, 2.75) is 38.1 Å². The minimum absolute atomic E-state index is 0.0579. The highest BCUT2D eigenvalue weighted by Gasteiger charge is 2.18. The fourth-order valence-electron chi connectivity index (χ4n) is 2.69. The van der Waals surface area contributed by atoms with Crippen molar-refractivity contribution < 1.29 is 0 Å². The maximum Gasteiger partial charge on any atom is 0.336 e. The topological polar surface area (TPSA) is 39.3 Å². The summed E-state index contributed by atoms with van der Waals surface area (Å²) in [6.07, 6.45) is 7.41. The van der Waals surface area contributed by atoms with Crippen molar-refractivity contribution in [3.63, 3.8) is 0 Å². The first-order chi connectivity index (χ1) is 8.77. The molecule has 0 spiro atoms. The van der Waals surface area contributed by atoms with Crippen LogP contribution in [-0.4, -0.2) is 14.0 Å². The molecule has 2 aromatic heterocycles. The maximum atomic E-state index is 12.5. The molecule has 0 amide bonds. The molecule has 1 fully saturated rings. The summed E-state index contributed by atoms with van der Waals surface area (Å²) in [5.41, 5.74) is 0.567. The number of hydrogen-bond donors (Lipinski definition) is 0. The molecular formula is C13H15N3OS. The average Bonchev–Trinajstić information content (AvgIpc) is 2.40. The second-order valence-electron chi connectivity index (χ2n) is 4.77. The van der Waals surface area contributed by atoms with Crippen molar-refractivity contribution in [1.82, 2.24) is 14.0 Å². The molecule has 0 unspecified atom stereocenters. The Bertz CT molecular complexity index is 682. The van der Waals surface area contributed by atoms with Crippen LogP contribution in [0.2, 0.25) is 0 Å². The summed E-state index contributed by atoms with van der Waals surface area (Å²) in [4.78, 5) is 16.8. The molecule has 0 atom stereocenters. The Labute approximate surface area is 110 Å². The highest BCUT2D eigenvalue weighted by molar-refractivity contribution is 7.71. The first-order valence-electron chi connectivity index (χ1n) is 6.37. The molecule has 1 saturated carbocycles. The third-order valence-corrected chi connectivity index (χ3v) is 3.89. The maximum absolute atomic E-state index is 12.5. The van der Waals surface area contributed by atoms with Gasteiger partial charge in [0.25, 0.3) is 0 Å². The van der Waals surface area contributed by atoms with Crippen LogP contribution in [0.1, 0.15) is 38.1 Å². The number of pyridine rings is 1. The smallest absolute Gasteiger partial charge is 0.265 e. The van der Waals surface area contributed by atoms with E-state index in [1.807, 2.05) is 18.2 Å². The predicted molar refractivity (Wildman–Crippen MR) is 72.4 cm³/mol. The van der Waals surface area contributed by atoms with Crippen LogP contribution in [0, 0.1) is 4.77 Å². The van der Waals surface area contributed by atoms with E-state index < -0.39 is 0 Å². The quantitative estimate of drug-likeness (QED) is 0.741. The molecule has 5 heteroatoms. The van der Waals surface area contributed by atoms with Gasteiger partial charge < -0.3 is 0 Å². The second kappa shape index (κ2) is 4.65. The number of rotatable bonds is 1. The van der Waals surface area contributed by atoms with Crippen molar-refractivity contribution >= 4 is 17.9 Å². The van der Waals surface area contributed by atoms with Gasteiger partial charge in [-0.1, -0.05) is 25.3 Å². The molecule has 0 aliphatic heterocycles. The highest BCUT2D eigenvalue weighted by Crippen LogP contribution is 2.26. The number of fused-ring (bicyclic) bond motifs is 1. The van der Waals surface area contributed by atoms with E-state index in [0.717, 1.165) is 12.8 Å². The van der Waals surface area contributed by atoms with Gasteiger partial charge in [0.15, 0.2) is 0 Å². The first-order valence-corrected chi connectivity index (χ1v) is 6.78. The molecule has 2 heterocycles. The number of nitrogens with zero attached hydrogens (tertiary/aromatic N) is 3. The zero-order chi connectivity index (χ0) is 12.5. The van der Waals surface area contributed by atoms with Crippen LogP contribution in [0.5, 0.6) is 0 Å². The molecule has 94 valence electrons. The summed E-state index contributed by atoms with van der Waals surface area (Å²) < 4.78 is 3.68. The zero-order valence-electron chi connectivity index (χ0n) is 10.1. The second-order valence-corrected chi connectivity index (χ2v) is 5.13. The van der Waals surface area contributed by atoms with Crippen LogP contribution in [-0.2, 0) is 0 Å². The molecule has 2 aromatic rings. The lowest BCUT2D eigenvalue weighted by Crippen LogP contribution is -2.32. The highest BCUT2D eigenvalue weighted by atomic mass is 32.1. The Morgan fingerprint density at radius 1 is 1.22 bits per heavy atom. The Morgan fingerprint density at radius 2 is 2.00 bits per heavy atom. The molecule has 0 radical (unpaired) electrons. The largest absolute Gasteiger partial charge is 0.336 e. The van der Waals surface area contributed by atoms with Gasteiger partial charge in [-0.3, -0.25) is 8.97 Å². The molecular weight excluding hydrogens is 246 g/mol. The van der Waals surface area contributed by atoms with E-state index in [4.69, 9.17) is 12.2 Å². The van der Waals surface area contributed by atoms with Gasteiger partial charge in [0.2, 0.25) is 4.77 Å². The van der Waals surface area contributed by atoms with Crippen LogP contribution in [0.15, 0.2) is 29.2 Å². The van der Waals surface area contributed by atoms with Crippen molar-refractivity contribution in [2.24, 2.45) is 0 Å². The Kier molecular flexibility index (Phi) is 2.99. The number of aromatic nitrogens is 3. The summed E-state index contributed by atoms with van der Waals surface area (Å²) in [5.74, 6) is 0. The van der Waals surface area contributed by atoms with E-state index in [0.29, 0.717) is 10.4 Å². The molecule has 1 aliphatic carbocycles. The summed E-state index contributed by atoms with van der Waals surface area (Å²) in [7, 11) is 0. The Morgan fingerprint density at radius 3 is 2.78 bits per heavy atom. The van der Waals surface area contributed by atoms with Crippen molar-refractivity contribution in [1.29, 1.82) is 0 Å². The molecule has 0 aromatic carbocycles. The fraction of sp³-hybridized carbons (Fsp3) is 0.462. The lowest BCUT2D eigenvalue weighted by molar-refractivity contribution is 0.335. The first kappa shape index (κ1) is 11.6. The van der Waals surface area contributed by atoms with E-state index >= 15 is 0 Å². The van der Waals surface area contributed by atoms with Gasteiger partial charge in [-0.2, -0.15) is 0 Å². The van der Waals surface area contributed by atoms with Crippen LogP contribution < -0.4 is 5.69 Å². The molecule has 18 heavy (non-hydrogen) atoms. The normalized spacial score (nSPS) is 17.1. The third kappa shape index (κ3) is 1.88. The Hall–Kier alpha value is -1.49. The van der Waals surface area contributed by atoms with Crippen molar-refractivity contribution in [3.05, 3.63) is 39.7 Å². The monoisotopic (exact) mass is 261 g/mol. The molecule has 1 aliphatic rings. The summed E-state index contributed by atoms with van der Waals surface area (Å²) in [6, 6.07) is 5.73. The van der Waals surface area contributed by atoms with E-state index in [1.54, 1.807) is 15.2 Å². The van der Waals surface area contributed by atoms with Crippen LogP contribution >= 0.6 is 12.2 Å². The van der Waals surface area contributed by atoms with Gasteiger partial charge in [-0.15, -0.1) is 0 Å². The van der Waals surface area contributed by atoms with E-state index in [1.165, 1.54) is 19.3 Å². The van der Waals surface area contributed by atoms with E-state index in [2.05, 4.69) is 4.98 Å². The van der Waals surface area contributed by atoms with Crippen LogP contribution in [0.4, 0.5) is 0 Å². The van der Waals surface area contributed by atoms with Crippen LogP contribution in [0.3, 0.4) is 0 Å². The Balaban J connectivity index is 2.22. The molecule has 4 nitrogen and oxygen atoms in total. The van der Waals surface area contributed by atoms with E-state index in [-0.39, 0.29) is 11.7 Å². The van der Waals surface area contributed by atoms with Gasteiger partial charge in [-0.25, -0.2) is 9.78 Å². The van der Waals surface area contributed by atoms with Gasteiger partial charge in [0.05, 0.1) is 0 Å². The lowest BCUT2D eigenvalue weighted by atomic mass is 9.95. The molecule has 0 N–H and O–H groups in total. The van der Waals surface area contributed by atoms with Crippen LogP contribution in [0.25, 0.3) is 5.65 Å². The summed E-state index contributed by atoms with van der Waals surface area (Å²) in [5, 5.41) is 0. The molecule has 0 bridgehead atoms. The molecule has 0 saturated heterocycles. The average molecular weight is 261 g/mol.